The quantitative estimate of drug-likeness (QED) is 0.793. The molecule has 3 rings (SSSR count). The van der Waals surface area contributed by atoms with Crippen molar-refractivity contribution in [1.82, 2.24) is 9.80 Å². The van der Waals surface area contributed by atoms with E-state index in [-0.39, 0.29) is 17.7 Å². The number of likely N-dealkylation sites (N-methyl/N-ethyl adjacent to an activating group) is 1. The van der Waals surface area contributed by atoms with Gasteiger partial charge < -0.3 is 4.90 Å². The highest BCUT2D eigenvalue weighted by Gasteiger charge is 2.59. The number of benzene rings is 1. The number of piperidine rings is 1. The van der Waals surface area contributed by atoms with Crippen molar-refractivity contribution in [2.45, 2.75) is 39.0 Å². The summed E-state index contributed by atoms with van der Waals surface area (Å²) >= 11 is 0. The molecule has 1 atom stereocenters. The largest absolute Gasteiger partial charge is 0.343 e. The first kappa shape index (κ1) is 17.6. The van der Waals surface area contributed by atoms with Crippen molar-refractivity contribution in [3.8, 4) is 0 Å². The van der Waals surface area contributed by atoms with Crippen molar-refractivity contribution >= 4 is 17.7 Å². The van der Waals surface area contributed by atoms with Crippen LogP contribution in [-0.2, 0) is 14.4 Å². The Labute approximate surface area is 149 Å². The fourth-order valence-electron chi connectivity index (χ4n) is 4.23. The summed E-state index contributed by atoms with van der Waals surface area (Å²) in [6.07, 6.45) is 1.62. The van der Waals surface area contributed by atoms with Gasteiger partial charge in [0.25, 0.3) is 0 Å². The molecule has 5 heteroatoms. The summed E-state index contributed by atoms with van der Waals surface area (Å²) < 4.78 is 0. The Morgan fingerprint density at radius 1 is 1.16 bits per heavy atom. The fraction of sp³-hybridized carbons (Fsp3) is 0.550. The maximum atomic E-state index is 12.9. The van der Waals surface area contributed by atoms with E-state index < -0.39 is 11.3 Å². The number of rotatable bonds is 3. The van der Waals surface area contributed by atoms with Crippen LogP contribution < -0.4 is 0 Å². The van der Waals surface area contributed by atoms with Gasteiger partial charge in [-0.2, -0.15) is 0 Å². The molecule has 2 fully saturated rings. The Morgan fingerprint density at radius 3 is 2.32 bits per heavy atom. The molecule has 1 unspecified atom stereocenters. The van der Waals surface area contributed by atoms with Crippen LogP contribution in [0.4, 0.5) is 0 Å². The molecule has 2 heterocycles. The van der Waals surface area contributed by atoms with Crippen molar-refractivity contribution in [1.29, 1.82) is 0 Å². The van der Waals surface area contributed by atoms with Gasteiger partial charge in [0, 0.05) is 26.6 Å². The zero-order chi connectivity index (χ0) is 18.2. The van der Waals surface area contributed by atoms with Gasteiger partial charge in [-0.15, -0.1) is 0 Å². The van der Waals surface area contributed by atoms with Crippen LogP contribution >= 0.6 is 0 Å². The van der Waals surface area contributed by atoms with Gasteiger partial charge in [0.1, 0.15) is 0 Å². The second-order valence-corrected chi connectivity index (χ2v) is 7.68. The molecule has 0 N–H and O–H groups in total. The molecule has 0 aliphatic carbocycles. The first-order chi connectivity index (χ1) is 11.9. The molecule has 5 nitrogen and oxygen atoms in total. The number of carbonyl (C=O) groups is 3. The van der Waals surface area contributed by atoms with E-state index in [2.05, 4.69) is 0 Å². The summed E-state index contributed by atoms with van der Waals surface area (Å²) in [5.74, 6) is -0.193. The van der Waals surface area contributed by atoms with E-state index >= 15 is 0 Å². The van der Waals surface area contributed by atoms with Crippen LogP contribution in [0.3, 0.4) is 0 Å². The monoisotopic (exact) mass is 342 g/mol. The average Bonchev–Trinajstić information content (AvgIpc) is 2.77. The molecule has 3 amide bonds. The summed E-state index contributed by atoms with van der Waals surface area (Å²) in [4.78, 5) is 41.2. The first-order valence-corrected chi connectivity index (χ1v) is 9.01. The number of imide groups is 1. The second-order valence-electron chi connectivity index (χ2n) is 7.68. The third-order valence-corrected chi connectivity index (χ3v) is 5.58. The fourth-order valence-corrected chi connectivity index (χ4v) is 4.23. The summed E-state index contributed by atoms with van der Waals surface area (Å²) in [6.45, 7) is 5.15. The Bertz CT molecular complexity index is 675. The van der Waals surface area contributed by atoms with Crippen LogP contribution in [0.15, 0.2) is 30.3 Å². The molecule has 134 valence electrons. The van der Waals surface area contributed by atoms with E-state index in [4.69, 9.17) is 0 Å². The number of carbonyl (C=O) groups excluding carboxylic acids is 3. The number of nitrogens with zero attached hydrogens (tertiary/aromatic N) is 2. The van der Waals surface area contributed by atoms with E-state index in [1.807, 2.05) is 49.1 Å². The van der Waals surface area contributed by atoms with Crippen LogP contribution in [0.5, 0.6) is 0 Å². The lowest BCUT2D eigenvalue weighted by molar-refractivity contribution is -0.144. The topological polar surface area (TPSA) is 57.7 Å². The zero-order valence-electron chi connectivity index (χ0n) is 15.2. The Hall–Kier alpha value is -2.17. The lowest BCUT2D eigenvalue weighted by atomic mass is 9.67. The third kappa shape index (κ3) is 2.96. The van der Waals surface area contributed by atoms with Crippen LogP contribution in [0.1, 0.15) is 44.6 Å². The van der Waals surface area contributed by atoms with Crippen molar-refractivity contribution in [2.24, 2.45) is 11.3 Å². The molecule has 2 aliphatic rings. The maximum absolute atomic E-state index is 12.9. The molecule has 1 spiro atoms. The molecular weight excluding hydrogens is 316 g/mol. The smallest absolute Gasteiger partial charge is 0.237 e. The molecule has 1 aromatic rings. The minimum absolute atomic E-state index is 0.0951. The van der Waals surface area contributed by atoms with Crippen molar-refractivity contribution < 1.29 is 14.4 Å². The minimum atomic E-state index is -0.707. The van der Waals surface area contributed by atoms with Crippen LogP contribution in [0.2, 0.25) is 0 Å². The number of hydrogen-bond donors (Lipinski definition) is 0. The van der Waals surface area contributed by atoms with Crippen LogP contribution in [0.25, 0.3) is 0 Å². The van der Waals surface area contributed by atoms with E-state index in [0.29, 0.717) is 38.3 Å². The zero-order valence-corrected chi connectivity index (χ0v) is 15.2. The standard InChI is InChI=1S/C20H26N2O3/c1-14(2)13-16(23)22-11-9-20(10-12-22)17(15-7-5-4-6-8-15)18(24)21(3)19(20)25/h4-8,14,17H,9-13H2,1-3H3. The van der Waals surface area contributed by atoms with Crippen molar-refractivity contribution in [2.75, 3.05) is 20.1 Å². The Balaban J connectivity index is 1.85. The molecule has 2 aliphatic heterocycles. The number of amides is 3. The minimum Gasteiger partial charge on any atom is -0.343 e. The SMILES string of the molecule is CC(C)CC(=O)N1CCC2(CC1)C(=O)N(C)C(=O)C2c1ccccc1. The summed E-state index contributed by atoms with van der Waals surface area (Å²) in [5, 5.41) is 0. The van der Waals surface area contributed by atoms with Crippen LogP contribution in [-0.4, -0.2) is 47.7 Å². The summed E-state index contributed by atoms with van der Waals surface area (Å²) in [5.41, 5.74) is 0.189. The lowest BCUT2D eigenvalue weighted by Crippen LogP contribution is -2.48. The van der Waals surface area contributed by atoms with Gasteiger partial charge in [-0.25, -0.2) is 0 Å². The van der Waals surface area contributed by atoms with E-state index in [0.717, 1.165) is 5.56 Å². The van der Waals surface area contributed by atoms with Gasteiger partial charge in [0.05, 0.1) is 11.3 Å². The predicted octanol–water partition coefficient (Wildman–Crippen LogP) is 2.42. The molecule has 0 radical (unpaired) electrons. The average molecular weight is 342 g/mol. The van der Waals surface area contributed by atoms with Gasteiger partial charge in [-0.05, 0) is 24.3 Å². The normalized spacial score (nSPS) is 23.0. The molecule has 2 saturated heterocycles. The van der Waals surface area contributed by atoms with Gasteiger partial charge in [0.2, 0.25) is 17.7 Å². The molecule has 0 aromatic heterocycles. The Kier molecular flexibility index (Phi) is 4.67. The second kappa shape index (κ2) is 6.62. The molecule has 25 heavy (non-hydrogen) atoms. The number of likely N-dealkylation sites (tertiary alicyclic amines) is 2. The van der Waals surface area contributed by atoms with Crippen LogP contribution in [0, 0.1) is 11.3 Å². The predicted molar refractivity (Wildman–Crippen MR) is 94.7 cm³/mol. The summed E-state index contributed by atoms with van der Waals surface area (Å²) in [6, 6.07) is 9.56. The third-order valence-electron chi connectivity index (χ3n) is 5.58. The lowest BCUT2D eigenvalue weighted by Gasteiger charge is -2.40. The van der Waals surface area contributed by atoms with Crippen molar-refractivity contribution in [3.63, 3.8) is 0 Å². The van der Waals surface area contributed by atoms with Gasteiger partial charge in [0.15, 0.2) is 0 Å². The van der Waals surface area contributed by atoms with Gasteiger partial charge in [-0.3, -0.25) is 19.3 Å². The maximum Gasteiger partial charge on any atom is 0.237 e. The highest BCUT2D eigenvalue weighted by molar-refractivity contribution is 6.09. The van der Waals surface area contributed by atoms with Gasteiger partial charge >= 0.3 is 0 Å². The van der Waals surface area contributed by atoms with E-state index in [1.165, 1.54) is 4.90 Å². The van der Waals surface area contributed by atoms with Gasteiger partial charge in [-0.1, -0.05) is 44.2 Å². The highest BCUT2D eigenvalue weighted by atomic mass is 16.2. The molecule has 1 aromatic carbocycles. The highest BCUT2D eigenvalue weighted by Crippen LogP contribution is 2.51. The van der Waals surface area contributed by atoms with Crippen molar-refractivity contribution in [3.05, 3.63) is 35.9 Å². The first-order valence-electron chi connectivity index (χ1n) is 9.01. The van der Waals surface area contributed by atoms with E-state index in [1.54, 1.807) is 7.05 Å². The molecular formula is C20H26N2O3. The molecule has 0 saturated carbocycles. The van der Waals surface area contributed by atoms with E-state index in [9.17, 15) is 14.4 Å². The Morgan fingerprint density at radius 2 is 1.76 bits per heavy atom. The number of hydrogen-bond acceptors (Lipinski definition) is 3. The molecule has 0 bridgehead atoms. The summed E-state index contributed by atoms with van der Waals surface area (Å²) in [7, 11) is 1.58.